The second-order valence-electron chi connectivity index (χ2n) is 14.1. The van der Waals surface area contributed by atoms with Gasteiger partial charge in [-0.05, 0) is 83.9 Å². The number of para-hydroxylation sites is 2. The first kappa shape index (κ1) is 31.9. The van der Waals surface area contributed by atoms with Crippen LogP contribution in [0.1, 0.15) is 0 Å². The Labute approximate surface area is 323 Å². The molecular formula is C51H33N5. The maximum atomic E-state index is 5.13. The van der Waals surface area contributed by atoms with E-state index in [-0.39, 0.29) is 0 Å². The molecule has 11 aromatic rings. The maximum absolute atomic E-state index is 5.13. The van der Waals surface area contributed by atoms with Crippen LogP contribution in [-0.2, 0) is 0 Å². The lowest BCUT2D eigenvalue weighted by Gasteiger charge is -2.12. The normalized spacial score (nSPS) is 11.6. The molecule has 0 spiro atoms. The smallest absolute Gasteiger partial charge is 0.160 e. The number of hydrogen-bond acceptors (Lipinski definition) is 3. The van der Waals surface area contributed by atoms with Crippen molar-refractivity contribution in [3.8, 4) is 56.4 Å². The van der Waals surface area contributed by atoms with Crippen molar-refractivity contribution in [2.75, 3.05) is 0 Å². The minimum Gasteiger partial charge on any atom is -0.309 e. The fourth-order valence-electron chi connectivity index (χ4n) is 8.17. The average Bonchev–Trinajstić information content (AvgIpc) is 3.79. The van der Waals surface area contributed by atoms with E-state index in [4.69, 9.17) is 15.0 Å². The quantitative estimate of drug-likeness (QED) is 0.172. The summed E-state index contributed by atoms with van der Waals surface area (Å²) in [5, 5.41) is 3.56. The Morgan fingerprint density at radius 1 is 0.321 bits per heavy atom. The van der Waals surface area contributed by atoms with Crippen molar-refractivity contribution in [3.05, 3.63) is 200 Å². The predicted octanol–water partition coefficient (Wildman–Crippen LogP) is 12.7. The molecule has 0 unspecified atom stereocenters. The van der Waals surface area contributed by atoms with Crippen LogP contribution in [0.5, 0.6) is 0 Å². The topological polar surface area (TPSA) is 48.5 Å². The van der Waals surface area contributed by atoms with E-state index >= 15 is 0 Å². The van der Waals surface area contributed by atoms with Crippen LogP contribution in [-0.4, -0.2) is 24.1 Å². The molecule has 0 radical (unpaired) electrons. The molecule has 11 rings (SSSR count). The molecule has 0 bridgehead atoms. The minimum atomic E-state index is 0.676. The Hall–Kier alpha value is -7.63. The lowest BCUT2D eigenvalue weighted by molar-refractivity contribution is 1.15. The fraction of sp³-hybridized carbons (Fsp3) is 0. The van der Waals surface area contributed by atoms with E-state index in [1.807, 2.05) is 48.7 Å². The van der Waals surface area contributed by atoms with Crippen molar-refractivity contribution in [3.63, 3.8) is 0 Å². The lowest BCUT2D eigenvalue weighted by atomic mass is 10.0. The van der Waals surface area contributed by atoms with Crippen LogP contribution in [0, 0.1) is 0 Å². The van der Waals surface area contributed by atoms with E-state index in [1.54, 1.807) is 0 Å². The molecule has 0 aliphatic rings. The number of nitrogens with zero attached hydrogens (tertiary/aromatic N) is 5. The summed E-state index contributed by atoms with van der Waals surface area (Å²) in [5.41, 5.74) is 14.8. The molecule has 0 N–H and O–H groups in total. The van der Waals surface area contributed by atoms with Crippen molar-refractivity contribution in [2.24, 2.45) is 0 Å². The van der Waals surface area contributed by atoms with Gasteiger partial charge in [-0.2, -0.15) is 0 Å². The Morgan fingerprint density at radius 2 is 0.911 bits per heavy atom. The Morgan fingerprint density at radius 3 is 1.68 bits per heavy atom. The van der Waals surface area contributed by atoms with Crippen LogP contribution in [0.4, 0.5) is 0 Å². The van der Waals surface area contributed by atoms with Gasteiger partial charge in [-0.15, -0.1) is 0 Å². The van der Waals surface area contributed by atoms with Crippen molar-refractivity contribution < 1.29 is 0 Å². The third-order valence-corrected chi connectivity index (χ3v) is 10.8. The molecule has 0 atom stereocenters. The Kier molecular flexibility index (Phi) is 7.42. The van der Waals surface area contributed by atoms with Crippen LogP contribution in [0.15, 0.2) is 200 Å². The second kappa shape index (κ2) is 13.0. The second-order valence-corrected chi connectivity index (χ2v) is 14.1. The number of aromatic nitrogens is 5. The van der Waals surface area contributed by atoms with Gasteiger partial charge in [-0.3, -0.25) is 4.98 Å². The first-order valence-corrected chi connectivity index (χ1v) is 18.9. The molecular weight excluding hydrogens is 683 g/mol. The maximum Gasteiger partial charge on any atom is 0.160 e. The molecule has 4 aromatic heterocycles. The third-order valence-electron chi connectivity index (χ3n) is 10.8. The van der Waals surface area contributed by atoms with Gasteiger partial charge in [0, 0.05) is 50.4 Å². The summed E-state index contributed by atoms with van der Waals surface area (Å²) in [6, 6.07) is 68.3. The monoisotopic (exact) mass is 715 g/mol. The molecule has 5 heteroatoms. The number of rotatable bonds is 6. The molecule has 0 saturated carbocycles. The van der Waals surface area contributed by atoms with Crippen molar-refractivity contribution in [1.29, 1.82) is 0 Å². The summed E-state index contributed by atoms with van der Waals surface area (Å²) in [6.45, 7) is 0. The van der Waals surface area contributed by atoms with Crippen molar-refractivity contribution >= 4 is 43.7 Å². The highest BCUT2D eigenvalue weighted by Gasteiger charge is 2.18. The van der Waals surface area contributed by atoms with Gasteiger partial charge < -0.3 is 9.13 Å². The summed E-state index contributed by atoms with van der Waals surface area (Å²) in [4.78, 5) is 15.2. The van der Waals surface area contributed by atoms with E-state index in [1.165, 1.54) is 21.8 Å². The van der Waals surface area contributed by atoms with E-state index in [0.717, 1.165) is 72.5 Å². The van der Waals surface area contributed by atoms with Gasteiger partial charge >= 0.3 is 0 Å². The zero-order valence-corrected chi connectivity index (χ0v) is 30.3. The Bertz CT molecular complexity index is 3180. The number of pyridine rings is 1. The van der Waals surface area contributed by atoms with Gasteiger partial charge in [-0.1, -0.05) is 121 Å². The minimum absolute atomic E-state index is 0.676. The number of hydrogen-bond donors (Lipinski definition) is 0. The van der Waals surface area contributed by atoms with Gasteiger partial charge in [0.2, 0.25) is 0 Å². The third kappa shape index (κ3) is 5.29. The van der Waals surface area contributed by atoms with Gasteiger partial charge in [0.05, 0.1) is 39.0 Å². The molecule has 0 saturated heterocycles. The van der Waals surface area contributed by atoms with E-state index in [0.29, 0.717) is 5.82 Å². The van der Waals surface area contributed by atoms with Crippen LogP contribution >= 0.6 is 0 Å². The summed E-state index contributed by atoms with van der Waals surface area (Å²) in [6.07, 6.45) is 1.88. The first-order valence-electron chi connectivity index (χ1n) is 18.9. The summed E-state index contributed by atoms with van der Waals surface area (Å²) >= 11 is 0. The van der Waals surface area contributed by atoms with Crippen LogP contribution in [0.3, 0.4) is 0 Å². The molecule has 4 heterocycles. The van der Waals surface area contributed by atoms with Gasteiger partial charge in [0.15, 0.2) is 5.82 Å². The van der Waals surface area contributed by atoms with E-state index in [2.05, 4.69) is 161 Å². The highest BCUT2D eigenvalue weighted by Crippen LogP contribution is 2.38. The van der Waals surface area contributed by atoms with E-state index in [9.17, 15) is 0 Å². The summed E-state index contributed by atoms with van der Waals surface area (Å²) in [5.74, 6) is 0.676. The molecule has 0 aliphatic carbocycles. The highest BCUT2D eigenvalue weighted by molar-refractivity contribution is 6.11. The van der Waals surface area contributed by atoms with Crippen LogP contribution in [0.25, 0.3) is 100 Å². The molecule has 0 fully saturated rings. The van der Waals surface area contributed by atoms with E-state index < -0.39 is 0 Å². The molecule has 7 aromatic carbocycles. The van der Waals surface area contributed by atoms with Gasteiger partial charge in [-0.25, -0.2) is 9.97 Å². The average molecular weight is 716 g/mol. The molecule has 5 nitrogen and oxygen atoms in total. The first-order chi connectivity index (χ1) is 27.8. The molecule has 0 amide bonds. The van der Waals surface area contributed by atoms with Gasteiger partial charge in [0.25, 0.3) is 0 Å². The largest absolute Gasteiger partial charge is 0.309 e. The van der Waals surface area contributed by atoms with Crippen LogP contribution < -0.4 is 0 Å². The summed E-state index contributed by atoms with van der Waals surface area (Å²) < 4.78 is 4.68. The number of benzene rings is 7. The molecule has 262 valence electrons. The summed E-state index contributed by atoms with van der Waals surface area (Å²) in [7, 11) is 0. The SMILES string of the molecule is c1ccc(-c2cc(-c3ccccc3)nc(-c3cccc(-n4c5cc(-c6ccc7c(c6)c6ccccc6n7-c6ccccc6)ccc5c5ncccc54)c3)n2)cc1. The Balaban J connectivity index is 1.08. The van der Waals surface area contributed by atoms with Crippen molar-refractivity contribution in [2.45, 2.75) is 0 Å². The van der Waals surface area contributed by atoms with Crippen LogP contribution in [0.2, 0.25) is 0 Å². The highest BCUT2D eigenvalue weighted by atomic mass is 15.0. The standard InChI is InChI=1S/C51H33N5/c1-4-14-34(15-5-1)44-33-45(35-16-6-2-7-17-35)54-51(53-44)38-18-12-21-40(30-38)56-48-24-13-29-52-50(48)42-27-25-37(32-49(42)56)36-26-28-47-43(31-36)41-22-10-11-23-46(41)55(47)39-19-8-3-9-20-39/h1-33H. The number of fused-ring (bicyclic) bond motifs is 6. The predicted molar refractivity (Wildman–Crippen MR) is 230 cm³/mol. The molecule has 0 aliphatic heterocycles. The fourth-order valence-corrected chi connectivity index (χ4v) is 8.17. The van der Waals surface area contributed by atoms with Gasteiger partial charge in [0.1, 0.15) is 0 Å². The molecule has 56 heavy (non-hydrogen) atoms. The zero-order chi connectivity index (χ0) is 37.0. The zero-order valence-electron chi connectivity index (χ0n) is 30.3. The lowest BCUT2D eigenvalue weighted by Crippen LogP contribution is -1.98. The van der Waals surface area contributed by atoms with Crippen molar-refractivity contribution in [1.82, 2.24) is 24.1 Å².